The van der Waals surface area contributed by atoms with E-state index in [0.717, 1.165) is 32.1 Å². The summed E-state index contributed by atoms with van der Waals surface area (Å²) < 4.78 is 0. The SMILES string of the molecule is CCCCCCCCCCCCCCCC(=O)N(ONC)OC(=O)CCCC. The molecule has 0 aromatic carbocycles. The van der Waals surface area contributed by atoms with Crippen LogP contribution < -0.4 is 5.48 Å². The van der Waals surface area contributed by atoms with Crippen LogP contribution in [0.25, 0.3) is 0 Å². The van der Waals surface area contributed by atoms with Crippen LogP contribution in [0.15, 0.2) is 0 Å². The molecule has 0 bridgehead atoms. The molecule has 0 aliphatic rings. The largest absolute Gasteiger partial charge is 0.335 e. The maximum atomic E-state index is 12.1. The normalized spacial score (nSPS) is 10.8. The lowest BCUT2D eigenvalue weighted by atomic mass is 10.0. The number of hydrogen-bond acceptors (Lipinski definition) is 5. The summed E-state index contributed by atoms with van der Waals surface area (Å²) in [6.45, 7) is 4.25. The second kappa shape index (κ2) is 20.6. The van der Waals surface area contributed by atoms with Crippen molar-refractivity contribution in [1.82, 2.24) is 10.7 Å². The molecule has 0 atom stereocenters. The van der Waals surface area contributed by atoms with Crippen molar-refractivity contribution in [1.29, 1.82) is 0 Å². The topological polar surface area (TPSA) is 67.9 Å². The maximum Gasteiger partial charge on any atom is 0.335 e. The molecule has 6 heteroatoms. The van der Waals surface area contributed by atoms with Gasteiger partial charge in [0.1, 0.15) is 0 Å². The first kappa shape index (κ1) is 26.9. The second-order valence-electron chi connectivity index (χ2n) is 7.51. The number of rotatable bonds is 19. The highest BCUT2D eigenvalue weighted by atomic mass is 17.0. The van der Waals surface area contributed by atoms with E-state index in [1.807, 2.05) is 6.92 Å². The molecule has 0 saturated heterocycles. The Balaban J connectivity index is 3.63. The summed E-state index contributed by atoms with van der Waals surface area (Å²) in [5.74, 6) is -0.780. The summed E-state index contributed by atoms with van der Waals surface area (Å²) in [5.41, 5.74) is 2.39. The molecule has 0 saturated carbocycles. The molecule has 1 amide bonds. The Hall–Kier alpha value is -1.14. The van der Waals surface area contributed by atoms with Crippen LogP contribution in [-0.4, -0.2) is 24.2 Å². The van der Waals surface area contributed by atoms with E-state index in [1.54, 1.807) is 0 Å². The first-order valence-corrected chi connectivity index (χ1v) is 11.5. The van der Waals surface area contributed by atoms with Crippen LogP contribution in [0.2, 0.25) is 0 Å². The van der Waals surface area contributed by atoms with Gasteiger partial charge in [0.05, 0.1) is 0 Å². The molecule has 0 aromatic heterocycles. The number of carbonyl (C=O) groups excluding carboxylic acids is 2. The van der Waals surface area contributed by atoms with Crippen LogP contribution in [0, 0.1) is 0 Å². The molecule has 28 heavy (non-hydrogen) atoms. The monoisotopic (exact) mass is 400 g/mol. The van der Waals surface area contributed by atoms with Crippen LogP contribution >= 0.6 is 0 Å². The Morgan fingerprint density at radius 2 is 1.14 bits per heavy atom. The van der Waals surface area contributed by atoms with Crippen molar-refractivity contribution in [3.8, 4) is 0 Å². The quantitative estimate of drug-likeness (QED) is 0.212. The average Bonchev–Trinajstić information content (AvgIpc) is 2.69. The van der Waals surface area contributed by atoms with Crippen molar-refractivity contribution < 1.29 is 19.4 Å². The molecule has 0 fully saturated rings. The molecule has 0 unspecified atom stereocenters. The maximum absolute atomic E-state index is 12.1. The van der Waals surface area contributed by atoms with Crippen LogP contribution in [0.1, 0.15) is 123 Å². The fraction of sp³-hybridized carbons (Fsp3) is 0.909. The Morgan fingerprint density at radius 3 is 1.61 bits per heavy atom. The van der Waals surface area contributed by atoms with Crippen molar-refractivity contribution in [3.63, 3.8) is 0 Å². The van der Waals surface area contributed by atoms with Crippen LogP contribution in [0.5, 0.6) is 0 Å². The van der Waals surface area contributed by atoms with E-state index in [2.05, 4.69) is 12.4 Å². The highest BCUT2D eigenvalue weighted by molar-refractivity contribution is 5.77. The summed E-state index contributed by atoms with van der Waals surface area (Å²) in [6.07, 6.45) is 18.6. The van der Waals surface area contributed by atoms with Gasteiger partial charge in [-0.25, -0.2) is 4.79 Å². The Bertz CT molecular complexity index is 378. The molecule has 166 valence electrons. The van der Waals surface area contributed by atoms with Gasteiger partial charge in [-0.2, -0.15) is 5.48 Å². The van der Waals surface area contributed by atoms with E-state index in [-0.39, 0.29) is 12.3 Å². The molecule has 0 heterocycles. The zero-order valence-electron chi connectivity index (χ0n) is 18.6. The predicted molar refractivity (Wildman–Crippen MR) is 113 cm³/mol. The number of carbonyl (C=O) groups is 2. The highest BCUT2D eigenvalue weighted by Gasteiger charge is 2.19. The van der Waals surface area contributed by atoms with Crippen molar-refractivity contribution in [2.24, 2.45) is 0 Å². The van der Waals surface area contributed by atoms with Gasteiger partial charge < -0.3 is 4.84 Å². The lowest BCUT2D eigenvalue weighted by Gasteiger charge is -2.18. The molecule has 1 N–H and O–H groups in total. The van der Waals surface area contributed by atoms with Crippen molar-refractivity contribution in [2.75, 3.05) is 7.05 Å². The number of unbranched alkanes of at least 4 members (excludes halogenated alkanes) is 13. The summed E-state index contributed by atoms with van der Waals surface area (Å²) in [4.78, 5) is 33.7. The minimum atomic E-state index is -0.448. The van der Waals surface area contributed by atoms with E-state index >= 15 is 0 Å². The minimum absolute atomic E-state index is 0.284. The number of hydroxylamine groups is 3. The van der Waals surface area contributed by atoms with E-state index < -0.39 is 5.97 Å². The van der Waals surface area contributed by atoms with Gasteiger partial charge in [0.2, 0.25) is 0 Å². The molecular formula is C22H44N2O4. The molecule has 0 spiro atoms. The van der Waals surface area contributed by atoms with Crippen molar-refractivity contribution in [3.05, 3.63) is 0 Å². The van der Waals surface area contributed by atoms with E-state index in [0.29, 0.717) is 11.6 Å². The van der Waals surface area contributed by atoms with Crippen molar-refractivity contribution in [2.45, 2.75) is 123 Å². The predicted octanol–water partition coefficient (Wildman–Crippen LogP) is 6.01. The molecule has 0 aliphatic heterocycles. The number of nitrogens with zero attached hydrogens (tertiary/aromatic N) is 1. The lowest BCUT2D eigenvalue weighted by Crippen LogP contribution is -2.37. The smallest absolute Gasteiger partial charge is 0.311 e. The van der Waals surface area contributed by atoms with Gasteiger partial charge in [-0.1, -0.05) is 97.3 Å². The van der Waals surface area contributed by atoms with Crippen LogP contribution in [0.4, 0.5) is 0 Å². The number of nitrogens with one attached hydrogen (secondary N) is 1. The van der Waals surface area contributed by atoms with E-state index in [4.69, 9.17) is 9.78 Å². The number of hydrogen-bond donors (Lipinski definition) is 1. The average molecular weight is 401 g/mol. The molecule has 0 rings (SSSR count). The van der Waals surface area contributed by atoms with Gasteiger partial charge in [-0.05, 0) is 18.1 Å². The molecule has 0 aromatic rings. The highest BCUT2D eigenvalue weighted by Crippen LogP contribution is 2.13. The summed E-state index contributed by atoms with van der Waals surface area (Å²) in [7, 11) is 1.52. The van der Waals surface area contributed by atoms with Gasteiger partial charge >= 0.3 is 5.97 Å². The summed E-state index contributed by atoms with van der Waals surface area (Å²) >= 11 is 0. The zero-order valence-corrected chi connectivity index (χ0v) is 18.6. The second-order valence-corrected chi connectivity index (χ2v) is 7.51. The van der Waals surface area contributed by atoms with Gasteiger partial charge in [-0.3, -0.25) is 4.79 Å². The summed E-state index contributed by atoms with van der Waals surface area (Å²) in [6, 6.07) is 0. The molecule has 0 radical (unpaired) electrons. The molecule has 0 aliphatic carbocycles. The Morgan fingerprint density at radius 1 is 0.679 bits per heavy atom. The van der Waals surface area contributed by atoms with E-state index in [1.165, 1.54) is 71.3 Å². The van der Waals surface area contributed by atoms with E-state index in [9.17, 15) is 9.59 Å². The van der Waals surface area contributed by atoms with Crippen LogP contribution in [0.3, 0.4) is 0 Å². The van der Waals surface area contributed by atoms with Gasteiger partial charge in [-0.15, -0.1) is 4.94 Å². The fourth-order valence-electron chi connectivity index (χ4n) is 3.05. The lowest BCUT2D eigenvalue weighted by molar-refractivity contribution is -0.345. The fourth-order valence-corrected chi connectivity index (χ4v) is 3.05. The third kappa shape index (κ3) is 17.0. The number of amides is 1. The minimum Gasteiger partial charge on any atom is -0.311 e. The van der Waals surface area contributed by atoms with Gasteiger partial charge in [0, 0.05) is 19.9 Å². The van der Waals surface area contributed by atoms with Crippen LogP contribution in [-0.2, 0) is 19.4 Å². The van der Waals surface area contributed by atoms with Gasteiger partial charge in [0.25, 0.3) is 5.91 Å². The first-order valence-electron chi connectivity index (χ1n) is 11.5. The summed E-state index contributed by atoms with van der Waals surface area (Å²) in [5, 5.41) is 0.679. The Labute approximate surface area is 172 Å². The molecular weight excluding hydrogens is 356 g/mol. The zero-order chi connectivity index (χ0) is 20.9. The standard InChI is InChI=1S/C22H44N2O4/c1-4-6-8-9-10-11-12-13-14-15-16-17-18-19-21(25)24(28-23-3)27-22(26)20-7-5-2/h23H,4-20H2,1-3H3. The third-order valence-corrected chi connectivity index (χ3v) is 4.79. The van der Waals surface area contributed by atoms with Crippen molar-refractivity contribution >= 4 is 11.9 Å². The van der Waals surface area contributed by atoms with Gasteiger partial charge in [0.15, 0.2) is 0 Å². The third-order valence-electron chi connectivity index (χ3n) is 4.79. The molecule has 6 nitrogen and oxygen atoms in total. The first-order chi connectivity index (χ1) is 13.7. The Kier molecular flexibility index (Phi) is 19.8.